The largest absolute Gasteiger partial charge is 0.496 e. The highest BCUT2D eigenvalue weighted by atomic mass is 16.5. The lowest BCUT2D eigenvalue weighted by Crippen LogP contribution is -2.03. The van der Waals surface area contributed by atoms with Crippen molar-refractivity contribution in [3.63, 3.8) is 0 Å². The van der Waals surface area contributed by atoms with Crippen LogP contribution in [-0.2, 0) is 19.8 Å². The van der Waals surface area contributed by atoms with E-state index in [1.54, 1.807) is 14.2 Å². The van der Waals surface area contributed by atoms with Crippen LogP contribution in [0.4, 0.5) is 0 Å². The number of hydrogen-bond donors (Lipinski definition) is 3. The van der Waals surface area contributed by atoms with Crippen LogP contribution in [0.25, 0.3) is 22.3 Å². The molecule has 0 saturated carbocycles. The summed E-state index contributed by atoms with van der Waals surface area (Å²) in [5.74, 6) is 1.69. The lowest BCUT2D eigenvalue weighted by molar-refractivity contribution is 0.270. The van der Waals surface area contributed by atoms with E-state index < -0.39 is 0 Å². The lowest BCUT2D eigenvalue weighted by Gasteiger charge is -2.21. The maximum Gasteiger partial charge on any atom is 0.133 e. The molecule has 3 aromatic carbocycles. The number of benzene rings is 3. The smallest absolute Gasteiger partial charge is 0.133 e. The van der Waals surface area contributed by atoms with Crippen molar-refractivity contribution in [2.75, 3.05) is 20.8 Å². The van der Waals surface area contributed by atoms with Gasteiger partial charge in [0.05, 0.1) is 34.0 Å². The zero-order chi connectivity index (χ0) is 24.7. The molecule has 6 nitrogen and oxygen atoms in total. The van der Waals surface area contributed by atoms with Gasteiger partial charge in [-0.05, 0) is 54.8 Å². The van der Waals surface area contributed by atoms with E-state index in [4.69, 9.17) is 14.2 Å². The quantitative estimate of drug-likeness (QED) is 0.372. The van der Waals surface area contributed by atoms with Gasteiger partial charge < -0.3 is 29.5 Å². The number of aliphatic hydroxyl groups excluding tert-OH is 3. The third-order valence-electron chi connectivity index (χ3n) is 5.62. The number of hydrogen-bond acceptors (Lipinski definition) is 6. The van der Waals surface area contributed by atoms with Crippen LogP contribution in [-0.4, -0.2) is 36.1 Å². The first-order chi connectivity index (χ1) is 16.5. The highest BCUT2D eigenvalue weighted by Gasteiger charge is 2.22. The second kappa shape index (κ2) is 11.7. The normalized spacial score (nSPS) is 10.7. The van der Waals surface area contributed by atoms with Gasteiger partial charge in [-0.1, -0.05) is 35.9 Å². The molecule has 0 fully saturated rings. The molecule has 0 radical (unpaired) electrons. The van der Waals surface area contributed by atoms with Gasteiger partial charge in [0.25, 0.3) is 0 Å². The Hall–Kier alpha value is -3.32. The summed E-state index contributed by atoms with van der Waals surface area (Å²) in [5, 5.41) is 29.7. The second-order valence-corrected chi connectivity index (χ2v) is 8.10. The zero-order valence-corrected chi connectivity index (χ0v) is 20.1. The Morgan fingerprint density at radius 3 is 2.06 bits per heavy atom. The molecule has 3 N–H and O–H groups in total. The van der Waals surface area contributed by atoms with Gasteiger partial charge in [0.2, 0.25) is 0 Å². The van der Waals surface area contributed by atoms with E-state index in [9.17, 15) is 15.3 Å². The highest BCUT2D eigenvalue weighted by molar-refractivity contribution is 5.85. The first-order valence-electron chi connectivity index (χ1n) is 11.1. The Morgan fingerprint density at radius 1 is 0.794 bits per heavy atom. The fourth-order valence-corrected chi connectivity index (χ4v) is 3.86. The molecule has 6 heteroatoms. The Morgan fingerprint density at radius 2 is 1.50 bits per heavy atom. The molecule has 0 aliphatic heterocycles. The zero-order valence-electron chi connectivity index (χ0n) is 20.1. The van der Waals surface area contributed by atoms with Gasteiger partial charge in [0, 0.05) is 22.3 Å². The third kappa shape index (κ3) is 5.42. The van der Waals surface area contributed by atoms with Crippen molar-refractivity contribution in [3.05, 3.63) is 76.9 Å². The van der Waals surface area contributed by atoms with Crippen LogP contribution in [0.1, 0.15) is 30.5 Å². The Labute approximate surface area is 200 Å². The molecular weight excluding hydrogens is 432 g/mol. The Kier molecular flexibility index (Phi) is 8.71. The summed E-state index contributed by atoms with van der Waals surface area (Å²) >= 11 is 0. The van der Waals surface area contributed by atoms with E-state index in [2.05, 4.69) is 0 Å². The third-order valence-corrected chi connectivity index (χ3v) is 5.62. The summed E-state index contributed by atoms with van der Waals surface area (Å²) < 4.78 is 17.3. The van der Waals surface area contributed by atoms with E-state index in [1.807, 2.05) is 68.5 Å². The molecule has 180 valence electrons. The fraction of sp³-hybridized carbons (Fsp3) is 0.286. The number of rotatable bonds is 10. The Balaban J connectivity index is 2.15. The summed E-state index contributed by atoms with van der Waals surface area (Å²) in [6.45, 7) is 3.91. The molecule has 34 heavy (non-hydrogen) atoms. The first-order valence-corrected chi connectivity index (χ1v) is 11.1. The molecule has 3 aromatic rings. The molecule has 0 aliphatic carbocycles. The predicted octanol–water partition coefficient (Wildman–Crippen LogP) is 4.86. The second-order valence-electron chi connectivity index (χ2n) is 8.10. The van der Waals surface area contributed by atoms with Crippen LogP contribution in [0.5, 0.6) is 17.2 Å². The number of allylic oxidation sites excluding steroid dienone is 1. The summed E-state index contributed by atoms with van der Waals surface area (Å²) in [5.41, 5.74) is 6.24. The Bertz CT molecular complexity index is 1140. The molecule has 3 rings (SSSR count). The number of methoxy groups -OCH3 is 2. The molecule has 0 aliphatic rings. The molecule has 0 saturated heterocycles. The molecule has 0 spiro atoms. The van der Waals surface area contributed by atoms with Crippen LogP contribution >= 0.6 is 0 Å². The van der Waals surface area contributed by atoms with E-state index in [-0.39, 0.29) is 19.8 Å². The van der Waals surface area contributed by atoms with Gasteiger partial charge in [-0.2, -0.15) is 0 Å². The summed E-state index contributed by atoms with van der Waals surface area (Å²) in [6, 6.07) is 14.9. The lowest BCUT2D eigenvalue weighted by atomic mass is 9.91. The van der Waals surface area contributed by atoms with Crippen LogP contribution in [0.15, 0.2) is 60.2 Å². The topological polar surface area (TPSA) is 88.4 Å². The average molecular weight is 465 g/mol. The van der Waals surface area contributed by atoms with Crippen molar-refractivity contribution in [1.29, 1.82) is 0 Å². The van der Waals surface area contributed by atoms with Gasteiger partial charge in [-0.25, -0.2) is 0 Å². The van der Waals surface area contributed by atoms with Gasteiger partial charge in [0.1, 0.15) is 23.9 Å². The standard InChI is InChI=1S/C28H32O6/c1-18(2)11-12-34-25-10-9-21(13-22(25)16-30)27-24(17-31)28(33-4)23(14-26(27)32-3)20-7-5-19(15-29)6-8-20/h5-11,13-14,29-31H,12,15-17H2,1-4H3. The molecule has 0 aromatic heterocycles. The minimum Gasteiger partial charge on any atom is -0.496 e. The molecule has 0 amide bonds. The molecule has 0 atom stereocenters. The van der Waals surface area contributed by atoms with Crippen molar-refractivity contribution < 1.29 is 29.5 Å². The van der Waals surface area contributed by atoms with Crippen molar-refractivity contribution in [2.45, 2.75) is 33.7 Å². The summed E-state index contributed by atoms with van der Waals surface area (Å²) in [7, 11) is 3.14. The molecule has 0 unspecified atom stereocenters. The number of ether oxygens (including phenoxy) is 3. The highest BCUT2D eigenvalue weighted by Crippen LogP contribution is 2.45. The van der Waals surface area contributed by atoms with E-state index in [1.165, 1.54) is 0 Å². The van der Waals surface area contributed by atoms with E-state index >= 15 is 0 Å². The van der Waals surface area contributed by atoms with Gasteiger partial charge in [-0.3, -0.25) is 0 Å². The average Bonchev–Trinajstić information content (AvgIpc) is 2.87. The van der Waals surface area contributed by atoms with Crippen LogP contribution in [0.3, 0.4) is 0 Å². The van der Waals surface area contributed by atoms with Crippen molar-refractivity contribution in [3.8, 4) is 39.5 Å². The fourth-order valence-electron chi connectivity index (χ4n) is 3.86. The van der Waals surface area contributed by atoms with E-state index in [0.717, 1.165) is 27.8 Å². The molecule has 0 bridgehead atoms. The van der Waals surface area contributed by atoms with Gasteiger partial charge in [-0.15, -0.1) is 0 Å². The van der Waals surface area contributed by atoms with Crippen LogP contribution in [0, 0.1) is 0 Å². The van der Waals surface area contributed by atoms with Crippen molar-refractivity contribution in [1.82, 2.24) is 0 Å². The first kappa shape index (κ1) is 25.3. The van der Waals surface area contributed by atoms with Gasteiger partial charge >= 0.3 is 0 Å². The molecule has 0 heterocycles. The van der Waals surface area contributed by atoms with Crippen molar-refractivity contribution in [2.24, 2.45) is 0 Å². The van der Waals surface area contributed by atoms with E-state index in [0.29, 0.717) is 40.5 Å². The van der Waals surface area contributed by atoms with Crippen LogP contribution in [0.2, 0.25) is 0 Å². The van der Waals surface area contributed by atoms with Crippen molar-refractivity contribution >= 4 is 0 Å². The predicted molar refractivity (Wildman–Crippen MR) is 133 cm³/mol. The summed E-state index contributed by atoms with van der Waals surface area (Å²) in [6.07, 6.45) is 1.97. The monoisotopic (exact) mass is 464 g/mol. The minimum atomic E-state index is -0.273. The maximum absolute atomic E-state index is 10.4. The molecular formula is C28H32O6. The summed E-state index contributed by atoms with van der Waals surface area (Å²) in [4.78, 5) is 0. The van der Waals surface area contributed by atoms with Gasteiger partial charge in [0.15, 0.2) is 0 Å². The maximum atomic E-state index is 10.4. The number of aliphatic hydroxyl groups is 3. The SMILES string of the molecule is COc1cc(-c2ccc(CO)cc2)c(OC)c(CO)c1-c1ccc(OCC=C(C)C)c(CO)c1. The van der Waals surface area contributed by atoms with Crippen LogP contribution < -0.4 is 14.2 Å². The minimum absolute atomic E-state index is 0.0389.